The molecule has 6 N–H and O–H groups in total. The van der Waals surface area contributed by atoms with E-state index in [9.17, 15) is 0 Å². The molecule has 0 aliphatic heterocycles. The van der Waals surface area contributed by atoms with Gasteiger partial charge in [0.05, 0.1) is 38.3 Å². The minimum Gasteiger partial charge on any atom is -0.395 e. The second-order valence-electron chi connectivity index (χ2n) is 4.51. The monoisotopic (exact) mass is 278 g/mol. The molecule has 0 saturated heterocycles. The third-order valence-electron chi connectivity index (χ3n) is 3.00. The third-order valence-corrected chi connectivity index (χ3v) is 3.00. The van der Waals surface area contributed by atoms with Gasteiger partial charge in [0.2, 0.25) is 0 Å². The smallest absolute Gasteiger partial charge is 0.0597 e. The number of nitrogens with zero attached hydrogens (tertiary/aromatic N) is 1. The van der Waals surface area contributed by atoms with Crippen molar-refractivity contribution in [1.29, 1.82) is 0 Å². The Labute approximate surface area is 116 Å². The minimum absolute atomic E-state index is 0.0505. The van der Waals surface area contributed by atoms with E-state index in [-0.39, 0.29) is 38.3 Å². The van der Waals surface area contributed by atoms with Crippen LogP contribution in [-0.4, -0.2) is 78.2 Å². The van der Waals surface area contributed by atoms with Gasteiger partial charge in [-0.15, -0.1) is 0 Å². The molecule has 3 unspecified atom stereocenters. The first kappa shape index (κ1) is 18.7. The maximum Gasteiger partial charge on any atom is 0.0597 e. The van der Waals surface area contributed by atoms with Gasteiger partial charge in [0.25, 0.3) is 0 Å². The van der Waals surface area contributed by atoms with Crippen molar-refractivity contribution >= 4 is 0 Å². The highest BCUT2D eigenvalue weighted by Crippen LogP contribution is 2.06. The first-order chi connectivity index (χ1) is 9.08. The molecule has 0 heterocycles. The average Bonchev–Trinajstić information content (AvgIpc) is 2.40. The van der Waals surface area contributed by atoms with Crippen LogP contribution in [0.25, 0.3) is 0 Å². The Bertz CT molecular complexity index is 176. The van der Waals surface area contributed by atoms with E-state index in [4.69, 9.17) is 15.3 Å². The molecule has 7 heteroatoms. The van der Waals surface area contributed by atoms with Crippen molar-refractivity contribution in [3.8, 4) is 0 Å². The van der Waals surface area contributed by atoms with Gasteiger partial charge in [-0.1, -0.05) is 0 Å². The van der Waals surface area contributed by atoms with Crippen molar-refractivity contribution in [3.05, 3.63) is 0 Å². The lowest BCUT2D eigenvalue weighted by atomic mass is 10.3. The first-order valence-electron chi connectivity index (χ1n) is 6.88. The molecule has 0 amide bonds. The Morgan fingerprint density at radius 1 is 0.684 bits per heavy atom. The molecule has 0 rings (SSSR count). The Hall–Kier alpha value is -0.280. The molecule has 7 nitrogen and oxygen atoms in total. The van der Waals surface area contributed by atoms with Crippen molar-refractivity contribution in [2.24, 2.45) is 0 Å². The zero-order chi connectivity index (χ0) is 14.7. The van der Waals surface area contributed by atoms with Crippen molar-refractivity contribution in [2.75, 3.05) is 39.5 Å². The molecular formula is C12H30N4O3. The molecule has 0 aromatic rings. The highest BCUT2D eigenvalue weighted by Gasteiger charge is 2.24. The molecule has 0 bridgehead atoms. The van der Waals surface area contributed by atoms with Crippen LogP contribution in [0.4, 0.5) is 0 Å². The fourth-order valence-electron chi connectivity index (χ4n) is 2.14. The number of hydrogen-bond donors (Lipinski definition) is 6. The third kappa shape index (κ3) is 7.78. The molecule has 0 spiro atoms. The van der Waals surface area contributed by atoms with E-state index in [1.54, 1.807) is 0 Å². The van der Waals surface area contributed by atoms with Crippen LogP contribution in [-0.2, 0) is 0 Å². The summed E-state index contributed by atoms with van der Waals surface area (Å²) in [5.41, 5.74) is 0. The normalized spacial score (nSPS) is 16.6. The molecule has 0 radical (unpaired) electrons. The Balaban J connectivity index is 4.50. The maximum absolute atomic E-state index is 8.88. The minimum atomic E-state index is 0.0505. The summed E-state index contributed by atoms with van der Waals surface area (Å²) >= 11 is 0. The van der Waals surface area contributed by atoms with Gasteiger partial charge in [-0.3, -0.25) is 20.9 Å². The molecule has 0 aromatic heterocycles. The average molecular weight is 278 g/mol. The number of aliphatic hydroxyl groups excluding tert-OH is 3. The van der Waals surface area contributed by atoms with Crippen molar-refractivity contribution < 1.29 is 15.3 Å². The van der Waals surface area contributed by atoms with E-state index in [1.807, 2.05) is 20.8 Å². The fraction of sp³-hybridized carbons (Fsp3) is 1.00. The van der Waals surface area contributed by atoms with Gasteiger partial charge in [0.15, 0.2) is 0 Å². The Kier molecular flexibility index (Phi) is 11.4. The molecular weight excluding hydrogens is 248 g/mol. The van der Waals surface area contributed by atoms with Crippen molar-refractivity contribution in [3.63, 3.8) is 0 Å². The van der Waals surface area contributed by atoms with Gasteiger partial charge >= 0.3 is 0 Å². The number of rotatable bonds is 12. The molecule has 3 atom stereocenters. The van der Waals surface area contributed by atoms with Crippen molar-refractivity contribution in [1.82, 2.24) is 20.9 Å². The molecule has 0 fully saturated rings. The molecule has 0 aromatic carbocycles. The Morgan fingerprint density at radius 2 is 0.947 bits per heavy atom. The van der Waals surface area contributed by atoms with Crippen LogP contribution in [0.2, 0.25) is 0 Å². The lowest BCUT2D eigenvalue weighted by Crippen LogP contribution is -2.61. The van der Waals surface area contributed by atoms with Crippen LogP contribution in [0.15, 0.2) is 0 Å². The molecule has 19 heavy (non-hydrogen) atoms. The predicted octanol–water partition coefficient (Wildman–Crippen LogP) is -1.93. The second kappa shape index (κ2) is 11.5. The summed E-state index contributed by atoms with van der Waals surface area (Å²) in [5.74, 6) is 0. The molecule has 0 aliphatic rings. The lowest BCUT2D eigenvalue weighted by molar-refractivity contribution is 0.0438. The lowest BCUT2D eigenvalue weighted by Gasteiger charge is -2.40. The summed E-state index contributed by atoms with van der Waals surface area (Å²) in [6.45, 7) is 7.91. The summed E-state index contributed by atoms with van der Waals surface area (Å²) in [6.07, 6.45) is 0.151. The van der Waals surface area contributed by atoms with Crippen LogP contribution in [0.1, 0.15) is 20.8 Å². The topological polar surface area (TPSA) is 100 Å². The summed E-state index contributed by atoms with van der Waals surface area (Å²) in [4.78, 5) is 2.15. The van der Waals surface area contributed by atoms with Crippen LogP contribution in [0, 0.1) is 0 Å². The summed E-state index contributed by atoms with van der Waals surface area (Å²) in [6, 6.07) is 0. The SMILES string of the molecule is CC(NCCO)N(C(C)NCCO)C(C)NCCO. The van der Waals surface area contributed by atoms with Gasteiger partial charge in [-0.05, 0) is 20.8 Å². The van der Waals surface area contributed by atoms with Gasteiger partial charge in [-0.2, -0.15) is 0 Å². The van der Waals surface area contributed by atoms with E-state index in [2.05, 4.69) is 20.9 Å². The van der Waals surface area contributed by atoms with Gasteiger partial charge < -0.3 is 15.3 Å². The zero-order valence-electron chi connectivity index (χ0n) is 12.3. The van der Waals surface area contributed by atoms with Gasteiger partial charge in [-0.25, -0.2) is 0 Å². The quantitative estimate of drug-likeness (QED) is 0.231. The van der Waals surface area contributed by atoms with Crippen LogP contribution in [0.5, 0.6) is 0 Å². The van der Waals surface area contributed by atoms with Gasteiger partial charge in [0.1, 0.15) is 0 Å². The van der Waals surface area contributed by atoms with E-state index in [0.717, 1.165) is 0 Å². The van der Waals surface area contributed by atoms with Crippen molar-refractivity contribution in [2.45, 2.75) is 39.3 Å². The highest BCUT2D eigenvalue weighted by molar-refractivity contribution is 4.76. The summed E-state index contributed by atoms with van der Waals surface area (Å²) in [5, 5.41) is 36.3. The first-order valence-corrected chi connectivity index (χ1v) is 6.88. The molecule has 0 saturated carbocycles. The number of hydrogen-bond acceptors (Lipinski definition) is 7. The van der Waals surface area contributed by atoms with Crippen LogP contribution < -0.4 is 16.0 Å². The summed E-state index contributed by atoms with van der Waals surface area (Å²) < 4.78 is 0. The van der Waals surface area contributed by atoms with E-state index in [0.29, 0.717) is 19.6 Å². The number of nitrogens with one attached hydrogen (secondary N) is 3. The Morgan fingerprint density at radius 3 is 1.16 bits per heavy atom. The van der Waals surface area contributed by atoms with Crippen LogP contribution in [0.3, 0.4) is 0 Å². The van der Waals surface area contributed by atoms with E-state index < -0.39 is 0 Å². The largest absolute Gasteiger partial charge is 0.395 e. The van der Waals surface area contributed by atoms with Crippen LogP contribution >= 0.6 is 0 Å². The molecule has 0 aliphatic carbocycles. The number of aliphatic hydroxyl groups is 3. The fourth-order valence-corrected chi connectivity index (χ4v) is 2.14. The van der Waals surface area contributed by atoms with E-state index in [1.165, 1.54) is 0 Å². The summed E-state index contributed by atoms with van der Waals surface area (Å²) in [7, 11) is 0. The molecule has 116 valence electrons. The standard InChI is InChI=1S/C12H30N4O3/c1-10(13-4-7-17)16(11(2)14-5-8-18)12(3)15-6-9-19/h10-15,17-19H,4-9H2,1-3H3. The van der Waals surface area contributed by atoms with Gasteiger partial charge in [0, 0.05) is 19.6 Å². The predicted molar refractivity (Wildman–Crippen MR) is 75.5 cm³/mol. The highest BCUT2D eigenvalue weighted by atomic mass is 16.3. The maximum atomic E-state index is 8.88. The van der Waals surface area contributed by atoms with E-state index >= 15 is 0 Å². The second-order valence-corrected chi connectivity index (χ2v) is 4.51. The zero-order valence-corrected chi connectivity index (χ0v) is 12.3.